The van der Waals surface area contributed by atoms with Crippen LogP contribution in [-0.2, 0) is 6.42 Å². The topological polar surface area (TPSA) is 84.3 Å². The number of nitrogens with zero attached hydrogens (tertiary/aromatic N) is 2. The van der Waals surface area contributed by atoms with Gasteiger partial charge in [-0.2, -0.15) is 0 Å². The lowest BCUT2D eigenvalue weighted by Crippen LogP contribution is -2.42. The van der Waals surface area contributed by atoms with E-state index in [1.54, 1.807) is 6.20 Å². The van der Waals surface area contributed by atoms with Crippen LogP contribution in [-0.4, -0.2) is 33.8 Å². The van der Waals surface area contributed by atoms with Gasteiger partial charge in [-0.1, -0.05) is 0 Å². The van der Waals surface area contributed by atoms with E-state index in [9.17, 15) is 4.79 Å². The summed E-state index contributed by atoms with van der Waals surface area (Å²) in [5, 5.41) is 11.1. The summed E-state index contributed by atoms with van der Waals surface area (Å²) in [5.41, 5.74) is 0.293. The molecule has 0 unspecified atom stereocenters. The minimum atomic E-state index is -1.02. The van der Waals surface area contributed by atoms with Crippen LogP contribution in [0, 0.1) is 0 Å². The van der Waals surface area contributed by atoms with Crippen LogP contribution in [0.3, 0.4) is 0 Å². The number of hydrogen-bond donors (Lipinski definition) is 2. The van der Waals surface area contributed by atoms with E-state index < -0.39 is 11.6 Å². The highest BCUT2D eigenvalue weighted by Gasteiger charge is 2.20. The summed E-state index contributed by atoms with van der Waals surface area (Å²) >= 11 is 0. The molecule has 6 heteroatoms. The monoisotopic (exact) mass is 239 g/mol. The minimum Gasteiger partial charge on any atom is -0.480 e. The van der Waals surface area contributed by atoms with Gasteiger partial charge in [0, 0.05) is 11.7 Å². The zero-order valence-corrected chi connectivity index (χ0v) is 10.2. The zero-order chi connectivity index (χ0) is 12.9. The first-order chi connectivity index (χ1) is 7.93. The van der Waals surface area contributed by atoms with E-state index in [0.717, 1.165) is 5.69 Å². The van der Waals surface area contributed by atoms with E-state index in [4.69, 9.17) is 9.84 Å². The van der Waals surface area contributed by atoms with E-state index in [1.165, 1.54) is 13.3 Å². The molecule has 0 aliphatic heterocycles. The van der Waals surface area contributed by atoms with Crippen LogP contribution in [0.25, 0.3) is 0 Å². The van der Waals surface area contributed by atoms with Crippen LogP contribution >= 0.6 is 0 Å². The molecule has 1 aromatic heterocycles. The van der Waals surface area contributed by atoms with E-state index in [-0.39, 0.29) is 0 Å². The number of carboxylic acid groups (broad SMARTS) is 1. The molecular weight excluding hydrogens is 222 g/mol. The Morgan fingerprint density at radius 2 is 2.24 bits per heavy atom. The van der Waals surface area contributed by atoms with E-state index in [2.05, 4.69) is 15.3 Å². The Balaban J connectivity index is 2.57. The highest BCUT2D eigenvalue weighted by atomic mass is 16.5. The molecule has 0 radical (unpaired) electrons. The first-order valence-electron chi connectivity index (χ1n) is 5.29. The van der Waals surface area contributed by atoms with Gasteiger partial charge in [-0.05, 0) is 26.7 Å². The van der Waals surface area contributed by atoms with Crippen LogP contribution in [0.15, 0.2) is 12.4 Å². The van der Waals surface area contributed by atoms with Crippen molar-refractivity contribution in [3.05, 3.63) is 18.1 Å². The number of hydrogen-bond acceptors (Lipinski definition) is 4. The van der Waals surface area contributed by atoms with Gasteiger partial charge < -0.3 is 15.2 Å². The number of ether oxygens (including phenoxy) is 1. The largest absolute Gasteiger partial charge is 0.480 e. The molecule has 1 heterocycles. The molecule has 1 rings (SSSR count). The lowest BCUT2D eigenvalue weighted by Gasteiger charge is -2.24. The quantitative estimate of drug-likeness (QED) is 0.812. The SMILES string of the molecule is COc1cncc(CCC(C)(C)NC(=O)O)n1. The number of amides is 1. The molecule has 2 N–H and O–H groups in total. The summed E-state index contributed by atoms with van der Waals surface area (Å²) in [4.78, 5) is 18.8. The van der Waals surface area contributed by atoms with E-state index >= 15 is 0 Å². The minimum absolute atomic E-state index is 0.464. The molecule has 0 bridgehead atoms. The van der Waals surface area contributed by atoms with Crippen molar-refractivity contribution in [3.8, 4) is 5.88 Å². The Morgan fingerprint density at radius 3 is 2.82 bits per heavy atom. The van der Waals surface area contributed by atoms with Crippen LogP contribution in [0.2, 0.25) is 0 Å². The van der Waals surface area contributed by atoms with Crippen molar-refractivity contribution in [1.29, 1.82) is 0 Å². The Bertz CT molecular complexity index is 393. The van der Waals surface area contributed by atoms with Gasteiger partial charge in [0.05, 0.1) is 19.0 Å². The van der Waals surface area contributed by atoms with E-state index in [0.29, 0.717) is 18.7 Å². The third kappa shape index (κ3) is 4.67. The average molecular weight is 239 g/mol. The van der Waals surface area contributed by atoms with Gasteiger partial charge >= 0.3 is 6.09 Å². The van der Waals surface area contributed by atoms with Crippen molar-refractivity contribution < 1.29 is 14.6 Å². The second kappa shape index (κ2) is 5.47. The predicted octanol–water partition coefficient (Wildman–Crippen LogP) is 1.46. The number of carbonyl (C=O) groups is 1. The van der Waals surface area contributed by atoms with Crippen LogP contribution < -0.4 is 10.1 Å². The normalized spacial score (nSPS) is 11.0. The molecule has 1 aromatic rings. The van der Waals surface area contributed by atoms with Crippen LogP contribution in [0.1, 0.15) is 26.0 Å². The lowest BCUT2D eigenvalue weighted by molar-refractivity contribution is 0.180. The second-order valence-electron chi connectivity index (χ2n) is 4.37. The Hall–Kier alpha value is -1.85. The summed E-state index contributed by atoms with van der Waals surface area (Å²) in [6.07, 6.45) is 3.44. The van der Waals surface area contributed by atoms with Crippen molar-refractivity contribution in [1.82, 2.24) is 15.3 Å². The van der Waals surface area contributed by atoms with Gasteiger partial charge in [0.15, 0.2) is 0 Å². The lowest BCUT2D eigenvalue weighted by atomic mass is 9.98. The third-order valence-electron chi connectivity index (χ3n) is 2.32. The highest BCUT2D eigenvalue weighted by molar-refractivity contribution is 5.65. The van der Waals surface area contributed by atoms with Gasteiger partial charge in [0.1, 0.15) is 0 Å². The first kappa shape index (κ1) is 13.2. The Morgan fingerprint density at radius 1 is 1.53 bits per heavy atom. The summed E-state index contributed by atoms with van der Waals surface area (Å²) in [6.45, 7) is 3.66. The molecule has 0 aliphatic carbocycles. The number of rotatable bonds is 5. The molecule has 0 saturated heterocycles. The second-order valence-corrected chi connectivity index (χ2v) is 4.37. The zero-order valence-electron chi connectivity index (χ0n) is 10.2. The van der Waals surface area contributed by atoms with Gasteiger partial charge in [-0.15, -0.1) is 0 Å². The number of methoxy groups -OCH3 is 1. The standard InChI is InChI=1S/C11H17N3O3/c1-11(2,14-10(15)16)5-4-8-6-12-7-9(13-8)17-3/h6-7,14H,4-5H2,1-3H3,(H,15,16). The van der Waals surface area contributed by atoms with Gasteiger partial charge in [-0.25, -0.2) is 9.78 Å². The smallest absolute Gasteiger partial charge is 0.405 e. The molecule has 6 nitrogen and oxygen atoms in total. The molecule has 94 valence electrons. The number of nitrogens with one attached hydrogen (secondary N) is 1. The fraction of sp³-hybridized carbons (Fsp3) is 0.545. The fourth-order valence-electron chi connectivity index (χ4n) is 1.40. The third-order valence-corrected chi connectivity index (χ3v) is 2.32. The summed E-state index contributed by atoms with van der Waals surface area (Å²) < 4.78 is 4.97. The molecule has 0 spiro atoms. The molecule has 0 saturated carbocycles. The molecular formula is C11H17N3O3. The van der Waals surface area contributed by atoms with Gasteiger partial charge in [-0.3, -0.25) is 4.98 Å². The molecule has 17 heavy (non-hydrogen) atoms. The first-order valence-corrected chi connectivity index (χ1v) is 5.29. The van der Waals surface area contributed by atoms with Crippen molar-refractivity contribution in [2.45, 2.75) is 32.2 Å². The molecule has 0 aromatic carbocycles. The molecule has 0 atom stereocenters. The molecule has 0 fully saturated rings. The summed E-state index contributed by atoms with van der Waals surface area (Å²) in [5.74, 6) is 0.464. The Kier molecular flexibility index (Phi) is 4.25. The van der Waals surface area contributed by atoms with Crippen LogP contribution in [0.4, 0.5) is 4.79 Å². The average Bonchev–Trinajstić information content (AvgIpc) is 2.25. The Labute approximate surface area is 100 Å². The maximum atomic E-state index is 10.6. The number of aryl methyl sites for hydroxylation is 1. The summed E-state index contributed by atoms with van der Waals surface area (Å²) in [6, 6.07) is 0. The van der Waals surface area contributed by atoms with Crippen molar-refractivity contribution in [2.24, 2.45) is 0 Å². The van der Waals surface area contributed by atoms with Crippen molar-refractivity contribution in [3.63, 3.8) is 0 Å². The maximum absolute atomic E-state index is 10.6. The van der Waals surface area contributed by atoms with E-state index in [1.807, 2.05) is 13.8 Å². The van der Waals surface area contributed by atoms with Crippen LogP contribution in [0.5, 0.6) is 5.88 Å². The summed E-state index contributed by atoms with van der Waals surface area (Å²) in [7, 11) is 1.53. The van der Waals surface area contributed by atoms with Gasteiger partial charge in [0.25, 0.3) is 0 Å². The van der Waals surface area contributed by atoms with Crippen molar-refractivity contribution in [2.75, 3.05) is 7.11 Å². The molecule has 0 aliphatic rings. The maximum Gasteiger partial charge on any atom is 0.405 e. The molecule has 1 amide bonds. The highest BCUT2D eigenvalue weighted by Crippen LogP contribution is 2.13. The number of aromatic nitrogens is 2. The van der Waals surface area contributed by atoms with Gasteiger partial charge in [0.2, 0.25) is 5.88 Å². The predicted molar refractivity (Wildman–Crippen MR) is 62.1 cm³/mol. The van der Waals surface area contributed by atoms with Crippen molar-refractivity contribution >= 4 is 6.09 Å². The fourth-order valence-corrected chi connectivity index (χ4v) is 1.40.